The molecule has 1 fully saturated rings. The van der Waals surface area contributed by atoms with Crippen molar-refractivity contribution in [3.8, 4) is 0 Å². The van der Waals surface area contributed by atoms with Gasteiger partial charge in [0.1, 0.15) is 0 Å². The minimum Gasteiger partial charge on any atom is -0.404 e. The van der Waals surface area contributed by atoms with E-state index < -0.39 is 0 Å². The fraction of sp³-hybridized carbons (Fsp3) is 0.227. The van der Waals surface area contributed by atoms with Crippen LogP contribution in [-0.4, -0.2) is 48.2 Å². The number of benzene rings is 1. The molecule has 29 heavy (non-hydrogen) atoms. The second kappa shape index (κ2) is 10.3. The smallest absolute Gasteiger partial charge is 0.248 e. The van der Waals surface area contributed by atoms with Gasteiger partial charge in [0.15, 0.2) is 0 Å². The first-order chi connectivity index (χ1) is 14.2. The molecule has 0 bridgehead atoms. The number of rotatable bonds is 7. The number of carbonyl (C=O) groups is 1. The van der Waals surface area contributed by atoms with E-state index in [1.807, 2.05) is 24.3 Å². The van der Waals surface area contributed by atoms with Crippen LogP contribution in [0.25, 0.3) is 11.6 Å². The number of nitrogens with one attached hydrogen (secondary N) is 3. The summed E-state index contributed by atoms with van der Waals surface area (Å²) < 4.78 is 0. The monoisotopic (exact) mass is 390 g/mol. The minimum atomic E-state index is -0.234. The van der Waals surface area contributed by atoms with Crippen molar-refractivity contribution in [2.24, 2.45) is 5.73 Å². The van der Waals surface area contributed by atoms with Gasteiger partial charge < -0.3 is 21.8 Å². The molecule has 0 saturated carbocycles. The standard InChI is InChI=1S/C22H26N6O/c23-13-19(14-24)21-7-8-26-15-18(21)3-6-22(29)27-20-4-1-17(2-5-20)16-28-11-9-25-10-12-28/h1-8,13-15,23,25H,9-12,16,24H2,(H,27,29)/b6-3+,19-14?,23-13?. The van der Waals surface area contributed by atoms with Crippen molar-refractivity contribution >= 4 is 29.5 Å². The third kappa shape index (κ3) is 5.84. The maximum Gasteiger partial charge on any atom is 0.248 e. The van der Waals surface area contributed by atoms with E-state index in [1.165, 1.54) is 24.1 Å². The van der Waals surface area contributed by atoms with Gasteiger partial charge in [-0.1, -0.05) is 12.1 Å². The first-order valence-electron chi connectivity index (χ1n) is 9.57. The lowest BCUT2D eigenvalue weighted by Crippen LogP contribution is -2.42. The van der Waals surface area contributed by atoms with E-state index in [-0.39, 0.29) is 5.91 Å². The predicted octanol–water partition coefficient (Wildman–Crippen LogP) is 2.09. The summed E-state index contributed by atoms with van der Waals surface area (Å²) in [6.07, 6.45) is 8.92. The van der Waals surface area contributed by atoms with E-state index in [0.29, 0.717) is 11.1 Å². The molecule has 0 atom stereocenters. The van der Waals surface area contributed by atoms with E-state index in [0.717, 1.165) is 44.0 Å². The van der Waals surface area contributed by atoms with Gasteiger partial charge in [-0.05, 0) is 35.4 Å². The topological polar surface area (TPSA) is 107 Å². The van der Waals surface area contributed by atoms with Crippen LogP contribution in [0.3, 0.4) is 0 Å². The lowest BCUT2D eigenvalue weighted by atomic mass is 10.0. The molecule has 3 rings (SSSR count). The normalized spacial score (nSPS) is 15.4. The maximum atomic E-state index is 12.3. The number of hydrogen-bond acceptors (Lipinski definition) is 6. The Morgan fingerprint density at radius 1 is 1.24 bits per heavy atom. The summed E-state index contributed by atoms with van der Waals surface area (Å²) in [5, 5.41) is 13.7. The summed E-state index contributed by atoms with van der Waals surface area (Å²) in [5.74, 6) is -0.234. The zero-order valence-electron chi connectivity index (χ0n) is 16.3. The molecule has 1 aromatic heterocycles. The van der Waals surface area contributed by atoms with Gasteiger partial charge in [-0.3, -0.25) is 14.7 Å². The number of allylic oxidation sites excluding steroid dienone is 1. The Bertz CT molecular complexity index is 898. The molecule has 7 nitrogen and oxygen atoms in total. The Kier molecular flexibility index (Phi) is 7.27. The molecule has 2 aromatic rings. The summed E-state index contributed by atoms with van der Waals surface area (Å²) in [4.78, 5) is 18.8. The predicted molar refractivity (Wildman–Crippen MR) is 117 cm³/mol. The van der Waals surface area contributed by atoms with Crippen LogP contribution in [0.1, 0.15) is 16.7 Å². The summed E-state index contributed by atoms with van der Waals surface area (Å²) in [6.45, 7) is 5.09. The molecule has 0 radical (unpaired) electrons. The number of nitrogens with two attached hydrogens (primary N) is 1. The Morgan fingerprint density at radius 2 is 2.00 bits per heavy atom. The molecule has 1 aliphatic heterocycles. The molecule has 150 valence electrons. The van der Waals surface area contributed by atoms with Crippen molar-refractivity contribution in [1.29, 1.82) is 5.41 Å². The van der Waals surface area contributed by atoms with Crippen LogP contribution in [0.5, 0.6) is 0 Å². The molecule has 1 amide bonds. The number of amides is 1. The fourth-order valence-electron chi connectivity index (χ4n) is 3.19. The molecule has 0 spiro atoms. The lowest BCUT2D eigenvalue weighted by molar-refractivity contribution is -0.111. The van der Waals surface area contributed by atoms with Crippen LogP contribution in [0.4, 0.5) is 5.69 Å². The average Bonchev–Trinajstić information content (AvgIpc) is 2.76. The average molecular weight is 390 g/mol. The second-order valence-electron chi connectivity index (χ2n) is 6.77. The van der Waals surface area contributed by atoms with E-state index in [2.05, 4.69) is 20.5 Å². The van der Waals surface area contributed by atoms with Gasteiger partial charge in [-0.15, -0.1) is 0 Å². The molecule has 5 N–H and O–H groups in total. The highest BCUT2D eigenvalue weighted by atomic mass is 16.1. The highest BCUT2D eigenvalue weighted by Crippen LogP contribution is 2.18. The van der Waals surface area contributed by atoms with Crippen molar-refractivity contribution in [3.63, 3.8) is 0 Å². The van der Waals surface area contributed by atoms with Crippen molar-refractivity contribution < 1.29 is 4.79 Å². The molecular weight excluding hydrogens is 364 g/mol. The van der Waals surface area contributed by atoms with Gasteiger partial charge in [0.05, 0.1) is 0 Å². The number of hydrogen-bond donors (Lipinski definition) is 4. The second-order valence-corrected chi connectivity index (χ2v) is 6.77. The zero-order chi connectivity index (χ0) is 20.5. The van der Waals surface area contributed by atoms with Crippen molar-refractivity contribution in [2.75, 3.05) is 31.5 Å². The summed E-state index contributed by atoms with van der Waals surface area (Å²) in [7, 11) is 0. The summed E-state index contributed by atoms with van der Waals surface area (Å²) in [5.41, 5.74) is 9.58. The van der Waals surface area contributed by atoms with Gasteiger partial charge >= 0.3 is 0 Å². The lowest BCUT2D eigenvalue weighted by Gasteiger charge is -2.27. The van der Waals surface area contributed by atoms with E-state index in [4.69, 9.17) is 11.1 Å². The fourth-order valence-corrected chi connectivity index (χ4v) is 3.19. The SMILES string of the molecule is N=CC(=CN)c1ccncc1/C=C/C(=O)Nc1ccc(CN2CCNCC2)cc1. The van der Waals surface area contributed by atoms with E-state index in [9.17, 15) is 4.79 Å². The van der Waals surface area contributed by atoms with E-state index in [1.54, 1.807) is 24.5 Å². The Balaban J connectivity index is 1.60. The van der Waals surface area contributed by atoms with Gasteiger partial charge in [0.25, 0.3) is 0 Å². The first-order valence-corrected chi connectivity index (χ1v) is 9.57. The van der Waals surface area contributed by atoms with E-state index >= 15 is 0 Å². The molecule has 7 heteroatoms. The van der Waals surface area contributed by atoms with Crippen LogP contribution in [-0.2, 0) is 11.3 Å². The number of pyridine rings is 1. The highest BCUT2D eigenvalue weighted by molar-refractivity contribution is 6.10. The molecule has 1 saturated heterocycles. The molecule has 0 unspecified atom stereocenters. The van der Waals surface area contributed by atoms with Gasteiger partial charge in [0.2, 0.25) is 5.91 Å². The van der Waals surface area contributed by atoms with Crippen molar-refractivity contribution in [1.82, 2.24) is 15.2 Å². The Labute approximate surface area is 170 Å². The minimum absolute atomic E-state index is 0.234. The summed E-state index contributed by atoms with van der Waals surface area (Å²) >= 11 is 0. The molecule has 2 heterocycles. The van der Waals surface area contributed by atoms with Crippen LogP contribution in [0.15, 0.2) is 55.0 Å². The van der Waals surface area contributed by atoms with Crippen molar-refractivity contribution in [3.05, 3.63) is 71.7 Å². The number of piperazine rings is 1. The van der Waals surface area contributed by atoms with Crippen LogP contribution < -0.4 is 16.4 Å². The van der Waals surface area contributed by atoms with Gasteiger partial charge in [-0.2, -0.15) is 0 Å². The van der Waals surface area contributed by atoms with Crippen LogP contribution in [0.2, 0.25) is 0 Å². The molecule has 1 aromatic carbocycles. The quantitative estimate of drug-likeness (QED) is 0.428. The molecule has 0 aliphatic carbocycles. The van der Waals surface area contributed by atoms with Gasteiger partial charge in [0, 0.05) is 80.4 Å². The molecular formula is C22H26N6O. The zero-order valence-corrected chi connectivity index (χ0v) is 16.3. The number of anilines is 1. The van der Waals surface area contributed by atoms with Crippen LogP contribution in [0, 0.1) is 5.41 Å². The summed E-state index contributed by atoms with van der Waals surface area (Å²) in [6, 6.07) is 9.69. The number of carbonyl (C=O) groups excluding carboxylic acids is 1. The maximum absolute atomic E-state index is 12.3. The molecule has 1 aliphatic rings. The number of aromatic nitrogens is 1. The number of nitrogens with zero attached hydrogens (tertiary/aromatic N) is 2. The first kappa shape index (κ1) is 20.4. The van der Waals surface area contributed by atoms with Gasteiger partial charge in [-0.25, -0.2) is 0 Å². The van der Waals surface area contributed by atoms with Crippen molar-refractivity contribution in [2.45, 2.75) is 6.54 Å². The largest absolute Gasteiger partial charge is 0.404 e. The highest BCUT2D eigenvalue weighted by Gasteiger charge is 2.10. The Morgan fingerprint density at radius 3 is 2.69 bits per heavy atom. The Hall–Kier alpha value is -3.29. The third-order valence-electron chi connectivity index (χ3n) is 4.75. The van der Waals surface area contributed by atoms with Crippen LogP contribution >= 0.6 is 0 Å². The third-order valence-corrected chi connectivity index (χ3v) is 4.75.